The molecule has 0 saturated carbocycles. The van der Waals surface area contributed by atoms with Gasteiger partial charge in [0.2, 0.25) is 17.6 Å². The van der Waals surface area contributed by atoms with Crippen molar-refractivity contribution in [2.75, 3.05) is 0 Å². The summed E-state index contributed by atoms with van der Waals surface area (Å²) in [6.07, 6.45) is 1.22. The highest BCUT2D eigenvalue weighted by molar-refractivity contribution is 5.78. The highest BCUT2D eigenvalue weighted by Gasteiger charge is 2.35. The van der Waals surface area contributed by atoms with Gasteiger partial charge in [-0.25, -0.2) is 0 Å². The summed E-state index contributed by atoms with van der Waals surface area (Å²) < 4.78 is 5.49. The van der Waals surface area contributed by atoms with Crippen molar-refractivity contribution >= 4 is 5.91 Å². The van der Waals surface area contributed by atoms with Crippen LogP contribution in [0.3, 0.4) is 0 Å². The molecular weight excluding hydrogens is 314 g/mol. The van der Waals surface area contributed by atoms with Crippen LogP contribution in [0, 0.1) is 6.92 Å². The summed E-state index contributed by atoms with van der Waals surface area (Å²) in [6.45, 7) is 2.60. The van der Waals surface area contributed by atoms with Crippen LogP contribution in [0.4, 0.5) is 0 Å². The quantitative estimate of drug-likeness (QED) is 0.726. The van der Waals surface area contributed by atoms with Gasteiger partial charge in [-0.2, -0.15) is 4.98 Å². The van der Waals surface area contributed by atoms with Crippen molar-refractivity contribution in [2.45, 2.75) is 32.4 Å². The summed E-state index contributed by atoms with van der Waals surface area (Å²) in [5.74, 6) is 1.20. The second-order valence-corrected chi connectivity index (χ2v) is 6.38. The fourth-order valence-corrected chi connectivity index (χ4v) is 3.16. The molecular formula is C20H19N3O2. The Hall–Kier alpha value is -2.95. The average Bonchev–Trinajstić information content (AvgIpc) is 3.24. The molecule has 1 fully saturated rings. The van der Waals surface area contributed by atoms with Gasteiger partial charge < -0.3 is 9.42 Å². The number of aromatic nitrogens is 2. The highest BCUT2D eigenvalue weighted by atomic mass is 16.5. The fraction of sp³-hybridized carbons (Fsp3) is 0.250. The number of hydrogen-bond donors (Lipinski definition) is 0. The van der Waals surface area contributed by atoms with Gasteiger partial charge in [-0.15, -0.1) is 0 Å². The number of amides is 1. The highest BCUT2D eigenvalue weighted by Crippen LogP contribution is 2.34. The van der Waals surface area contributed by atoms with E-state index in [0.29, 0.717) is 31.1 Å². The normalized spacial score (nSPS) is 17.2. The Labute approximate surface area is 146 Å². The van der Waals surface area contributed by atoms with E-state index in [0.717, 1.165) is 11.1 Å². The predicted molar refractivity (Wildman–Crippen MR) is 93.4 cm³/mol. The molecule has 3 aromatic rings. The summed E-state index contributed by atoms with van der Waals surface area (Å²) in [7, 11) is 0. The van der Waals surface area contributed by atoms with Crippen LogP contribution in [0.5, 0.6) is 0 Å². The zero-order valence-corrected chi connectivity index (χ0v) is 14.1. The Kier molecular flexibility index (Phi) is 4.06. The number of likely N-dealkylation sites (tertiary alicyclic amines) is 1. The molecule has 126 valence electrons. The fourth-order valence-electron chi connectivity index (χ4n) is 3.16. The molecule has 1 saturated heterocycles. The molecule has 5 nitrogen and oxygen atoms in total. The predicted octanol–water partition coefficient (Wildman–Crippen LogP) is 3.91. The molecule has 1 aliphatic heterocycles. The van der Waals surface area contributed by atoms with Crippen molar-refractivity contribution in [1.82, 2.24) is 15.0 Å². The number of benzene rings is 2. The van der Waals surface area contributed by atoms with E-state index in [2.05, 4.69) is 10.1 Å². The molecule has 0 bridgehead atoms. The Bertz CT molecular complexity index is 871. The minimum absolute atomic E-state index is 0.129. The van der Waals surface area contributed by atoms with Crippen LogP contribution in [0.25, 0.3) is 11.4 Å². The molecule has 0 aliphatic carbocycles. The van der Waals surface area contributed by atoms with Gasteiger partial charge in [-0.1, -0.05) is 65.3 Å². The molecule has 1 amide bonds. The summed E-state index contributed by atoms with van der Waals surface area (Å²) in [5, 5.41) is 4.10. The van der Waals surface area contributed by atoms with Crippen LogP contribution in [-0.2, 0) is 11.3 Å². The lowest BCUT2D eigenvalue weighted by atomic mass is 10.1. The largest absolute Gasteiger partial charge is 0.337 e. The SMILES string of the molecule is Cc1ccc(-c2noc(C3CCC(=O)N3Cc3ccccc3)n2)cc1. The van der Waals surface area contributed by atoms with E-state index in [-0.39, 0.29) is 11.9 Å². The minimum Gasteiger partial charge on any atom is -0.337 e. The molecule has 0 N–H and O–H groups in total. The van der Waals surface area contributed by atoms with Gasteiger partial charge in [0.15, 0.2) is 0 Å². The number of rotatable bonds is 4. The maximum absolute atomic E-state index is 12.3. The second-order valence-electron chi connectivity index (χ2n) is 6.38. The minimum atomic E-state index is -0.153. The number of nitrogens with zero attached hydrogens (tertiary/aromatic N) is 3. The molecule has 2 heterocycles. The number of carbonyl (C=O) groups is 1. The van der Waals surface area contributed by atoms with Gasteiger partial charge in [-0.3, -0.25) is 4.79 Å². The third-order valence-corrected chi connectivity index (χ3v) is 4.56. The van der Waals surface area contributed by atoms with E-state index < -0.39 is 0 Å². The van der Waals surface area contributed by atoms with Gasteiger partial charge >= 0.3 is 0 Å². The first-order chi connectivity index (χ1) is 12.2. The Morgan fingerprint density at radius 2 is 1.88 bits per heavy atom. The Balaban J connectivity index is 1.58. The van der Waals surface area contributed by atoms with Crippen LogP contribution in [0.15, 0.2) is 59.1 Å². The van der Waals surface area contributed by atoms with Crippen LogP contribution in [0.1, 0.15) is 35.9 Å². The molecule has 5 heteroatoms. The number of carbonyl (C=O) groups excluding carboxylic acids is 1. The third kappa shape index (κ3) is 3.18. The molecule has 1 atom stereocenters. The van der Waals surface area contributed by atoms with E-state index >= 15 is 0 Å². The van der Waals surface area contributed by atoms with Crippen molar-refractivity contribution in [3.05, 3.63) is 71.6 Å². The molecule has 1 unspecified atom stereocenters. The number of hydrogen-bond acceptors (Lipinski definition) is 4. The lowest BCUT2D eigenvalue weighted by Gasteiger charge is -2.22. The van der Waals surface area contributed by atoms with Gasteiger partial charge in [0.25, 0.3) is 0 Å². The lowest BCUT2D eigenvalue weighted by Crippen LogP contribution is -2.27. The second kappa shape index (κ2) is 6.51. The van der Waals surface area contributed by atoms with E-state index in [4.69, 9.17) is 4.52 Å². The van der Waals surface area contributed by atoms with Gasteiger partial charge in [0, 0.05) is 18.5 Å². The maximum atomic E-state index is 12.3. The monoisotopic (exact) mass is 333 g/mol. The van der Waals surface area contributed by atoms with Crippen molar-refractivity contribution < 1.29 is 9.32 Å². The van der Waals surface area contributed by atoms with Crippen molar-refractivity contribution in [3.63, 3.8) is 0 Å². The Morgan fingerprint density at radius 1 is 1.12 bits per heavy atom. The van der Waals surface area contributed by atoms with Crippen LogP contribution in [-0.4, -0.2) is 20.9 Å². The summed E-state index contributed by atoms with van der Waals surface area (Å²) >= 11 is 0. The first kappa shape index (κ1) is 15.6. The van der Waals surface area contributed by atoms with Crippen LogP contribution >= 0.6 is 0 Å². The Morgan fingerprint density at radius 3 is 2.64 bits per heavy atom. The van der Waals surface area contributed by atoms with Crippen LogP contribution in [0.2, 0.25) is 0 Å². The number of aryl methyl sites for hydroxylation is 1. The van der Waals surface area contributed by atoms with Gasteiger partial charge in [0.1, 0.15) is 6.04 Å². The van der Waals surface area contributed by atoms with Crippen molar-refractivity contribution in [2.24, 2.45) is 0 Å². The first-order valence-electron chi connectivity index (χ1n) is 8.45. The molecule has 1 aliphatic rings. The molecule has 0 radical (unpaired) electrons. The van der Waals surface area contributed by atoms with E-state index in [9.17, 15) is 4.79 Å². The summed E-state index contributed by atoms with van der Waals surface area (Å²) in [5.41, 5.74) is 3.20. The zero-order chi connectivity index (χ0) is 17.2. The first-order valence-corrected chi connectivity index (χ1v) is 8.45. The zero-order valence-electron chi connectivity index (χ0n) is 14.1. The molecule has 2 aromatic carbocycles. The van der Waals surface area contributed by atoms with Crippen molar-refractivity contribution in [3.8, 4) is 11.4 Å². The van der Waals surface area contributed by atoms with E-state index in [1.54, 1.807) is 0 Å². The standard InChI is InChI=1S/C20H19N3O2/c1-14-7-9-16(10-8-14)19-21-20(25-22-19)17-11-12-18(24)23(17)13-15-5-3-2-4-6-15/h2-10,17H,11-13H2,1H3. The smallest absolute Gasteiger partial charge is 0.249 e. The van der Waals surface area contributed by atoms with Gasteiger partial charge in [-0.05, 0) is 18.9 Å². The lowest BCUT2D eigenvalue weighted by molar-refractivity contribution is -0.129. The molecule has 0 spiro atoms. The molecule has 25 heavy (non-hydrogen) atoms. The van der Waals surface area contributed by atoms with Crippen LogP contribution < -0.4 is 0 Å². The van der Waals surface area contributed by atoms with E-state index in [1.165, 1.54) is 5.56 Å². The molecule has 1 aromatic heterocycles. The van der Waals surface area contributed by atoms with E-state index in [1.807, 2.05) is 66.4 Å². The summed E-state index contributed by atoms with van der Waals surface area (Å²) in [6, 6.07) is 17.8. The average molecular weight is 333 g/mol. The van der Waals surface area contributed by atoms with Crippen molar-refractivity contribution in [1.29, 1.82) is 0 Å². The topological polar surface area (TPSA) is 59.2 Å². The van der Waals surface area contributed by atoms with Gasteiger partial charge in [0.05, 0.1) is 0 Å². The third-order valence-electron chi connectivity index (χ3n) is 4.56. The maximum Gasteiger partial charge on any atom is 0.249 e. The molecule has 4 rings (SSSR count). The summed E-state index contributed by atoms with van der Waals surface area (Å²) in [4.78, 5) is 18.7.